The second-order valence-corrected chi connectivity index (χ2v) is 12.6. The molecule has 4 N–H and O–H groups in total. The summed E-state index contributed by atoms with van der Waals surface area (Å²) in [6.45, 7) is 0.539. The van der Waals surface area contributed by atoms with Crippen molar-refractivity contribution in [2.24, 2.45) is 0 Å². The van der Waals surface area contributed by atoms with Crippen molar-refractivity contribution in [2.45, 2.75) is 26.0 Å². The van der Waals surface area contributed by atoms with Crippen LogP contribution in [0.3, 0.4) is 0 Å². The van der Waals surface area contributed by atoms with Crippen molar-refractivity contribution in [1.29, 1.82) is 0 Å². The van der Waals surface area contributed by atoms with Gasteiger partial charge in [0, 0.05) is 35.8 Å². The Balaban J connectivity index is 1.56. The maximum absolute atomic E-state index is 15.0. The quantitative estimate of drug-likeness (QED) is 0.125. The number of halogens is 2. The van der Waals surface area contributed by atoms with E-state index >= 15 is 8.78 Å². The van der Waals surface area contributed by atoms with Crippen LogP contribution in [0.2, 0.25) is 0 Å². The molecule has 252 valence electrons. The van der Waals surface area contributed by atoms with Gasteiger partial charge in [0.15, 0.2) is 6.35 Å². The molecule has 0 spiro atoms. The normalized spacial score (nSPS) is 12.1. The van der Waals surface area contributed by atoms with Gasteiger partial charge in [-0.05, 0) is 60.1 Å². The van der Waals surface area contributed by atoms with Crippen LogP contribution in [-0.4, -0.2) is 50.8 Å². The number of nitrogens with one attached hydrogen (secondary N) is 2. The Bertz CT molecular complexity index is 2150. The summed E-state index contributed by atoms with van der Waals surface area (Å²) < 4.78 is 32.4. The molecule has 6 rings (SSSR count). The molecular weight excluding hydrogens is 649 g/mol. The highest BCUT2D eigenvalue weighted by Crippen LogP contribution is 2.39. The van der Waals surface area contributed by atoms with Crippen LogP contribution in [-0.2, 0) is 19.6 Å². The van der Waals surface area contributed by atoms with Gasteiger partial charge in [0.05, 0.1) is 24.2 Å². The van der Waals surface area contributed by atoms with Crippen molar-refractivity contribution in [3.8, 4) is 16.1 Å². The Kier molecular flexibility index (Phi) is 10.4. The number of hydrogen-bond acceptors (Lipinski definition) is 8. The number of thiophene rings is 1. The number of nitrogens with zero attached hydrogens (tertiary/aromatic N) is 3. The molecule has 1 atom stereocenters. The van der Waals surface area contributed by atoms with Gasteiger partial charge in [0.2, 0.25) is 0 Å². The molecule has 0 fully saturated rings. The van der Waals surface area contributed by atoms with E-state index in [0.717, 1.165) is 27.8 Å². The highest BCUT2D eigenvalue weighted by Gasteiger charge is 2.25. The molecule has 49 heavy (non-hydrogen) atoms. The van der Waals surface area contributed by atoms with Crippen molar-refractivity contribution >= 4 is 27.2 Å². The monoisotopic (exact) mass is 683 g/mol. The van der Waals surface area contributed by atoms with Gasteiger partial charge in [0.1, 0.15) is 16.5 Å². The van der Waals surface area contributed by atoms with Gasteiger partial charge in [-0.15, -0.1) is 11.3 Å². The van der Waals surface area contributed by atoms with Crippen molar-refractivity contribution in [3.05, 3.63) is 152 Å². The highest BCUT2D eigenvalue weighted by atomic mass is 32.1. The largest absolute Gasteiger partial charge is 0.395 e. The first kappa shape index (κ1) is 33.9. The minimum atomic E-state index is -1.09. The van der Waals surface area contributed by atoms with E-state index in [1.165, 1.54) is 22.0 Å². The fourth-order valence-corrected chi connectivity index (χ4v) is 7.09. The van der Waals surface area contributed by atoms with Crippen LogP contribution >= 0.6 is 11.3 Å². The summed E-state index contributed by atoms with van der Waals surface area (Å²) in [6, 6.07) is 29.1. The van der Waals surface area contributed by atoms with Crippen molar-refractivity contribution in [1.82, 2.24) is 19.4 Å². The SMILES string of the molecule is CN(Cc1ccccc1)Cc1c(-c2ccc(NC(O)NCCO)cc2)sc2c1c(=O)n(-c1ccccc1)c(=O)n2Cc1c(F)cccc1F. The smallest absolute Gasteiger partial charge is 0.337 e. The average Bonchev–Trinajstić information content (AvgIpc) is 3.47. The molecule has 0 aliphatic carbocycles. The van der Waals surface area contributed by atoms with E-state index in [9.17, 15) is 14.7 Å². The van der Waals surface area contributed by atoms with Crippen molar-refractivity contribution in [2.75, 3.05) is 25.5 Å². The second kappa shape index (κ2) is 15.1. The summed E-state index contributed by atoms with van der Waals surface area (Å²) in [4.78, 5) is 31.8. The maximum atomic E-state index is 15.0. The summed E-state index contributed by atoms with van der Waals surface area (Å²) >= 11 is 1.21. The number of para-hydroxylation sites is 1. The molecule has 2 heterocycles. The van der Waals surface area contributed by atoms with E-state index in [0.29, 0.717) is 39.7 Å². The summed E-state index contributed by atoms with van der Waals surface area (Å²) in [5.41, 5.74) is 1.89. The highest BCUT2D eigenvalue weighted by molar-refractivity contribution is 7.22. The van der Waals surface area contributed by atoms with E-state index in [4.69, 9.17) is 5.11 Å². The lowest BCUT2D eigenvalue weighted by molar-refractivity contribution is 0.153. The van der Waals surface area contributed by atoms with Gasteiger partial charge in [-0.3, -0.25) is 19.6 Å². The number of hydrogen-bond donors (Lipinski definition) is 4. The van der Waals surface area contributed by atoms with E-state index in [-0.39, 0.29) is 24.1 Å². The van der Waals surface area contributed by atoms with Crippen LogP contribution in [0.15, 0.2) is 113 Å². The number of rotatable bonds is 13. The fourth-order valence-electron chi connectivity index (χ4n) is 5.79. The maximum Gasteiger partial charge on any atom is 0.337 e. The third-order valence-electron chi connectivity index (χ3n) is 8.09. The Labute approximate surface area is 284 Å². The summed E-state index contributed by atoms with van der Waals surface area (Å²) in [7, 11) is 1.94. The van der Waals surface area contributed by atoms with Crippen molar-refractivity contribution in [3.63, 3.8) is 0 Å². The van der Waals surface area contributed by atoms with Gasteiger partial charge in [-0.2, -0.15) is 0 Å². The number of fused-ring (bicyclic) bond motifs is 1. The molecule has 6 aromatic rings. The number of aliphatic hydroxyl groups excluding tert-OH is 2. The second-order valence-electron chi connectivity index (χ2n) is 11.6. The van der Waals surface area contributed by atoms with E-state index in [1.807, 2.05) is 49.5 Å². The molecule has 4 aromatic carbocycles. The fraction of sp³-hybridized carbons (Fsp3) is 0.189. The first-order chi connectivity index (χ1) is 23.7. The molecule has 0 radical (unpaired) electrons. The van der Waals surface area contributed by atoms with Crippen molar-refractivity contribution < 1.29 is 19.0 Å². The third-order valence-corrected chi connectivity index (χ3v) is 9.39. The number of benzene rings is 4. The summed E-state index contributed by atoms with van der Waals surface area (Å²) in [5, 5.41) is 25.1. The minimum absolute atomic E-state index is 0.133. The van der Waals surface area contributed by atoms with Gasteiger partial charge in [-0.1, -0.05) is 66.7 Å². The molecule has 0 saturated heterocycles. The molecule has 1 unspecified atom stereocenters. The first-order valence-electron chi connectivity index (χ1n) is 15.7. The average molecular weight is 684 g/mol. The van der Waals surface area contributed by atoms with Crippen LogP contribution < -0.4 is 21.9 Å². The van der Waals surface area contributed by atoms with E-state index in [2.05, 4.69) is 15.5 Å². The number of aromatic nitrogens is 2. The zero-order valence-corrected chi connectivity index (χ0v) is 27.5. The number of aliphatic hydroxyl groups is 2. The lowest BCUT2D eigenvalue weighted by Crippen LogP contribution is -2.39. The van der Waals surface area contributed by atoms with Crippen LogP contribution in [0.4, 0.5) is 14.5 Å². The lowest BCUT2D eigenvalue weighted by Gasteiger charge is -2.18. The summed E-state index contributed by atoms with van der Waals surface area (Å²) in [5.74, 6) is -1.59. The molecule has 0 amide bonds. The van der Waals surface area contributed by atoms with Gasteiger partial charge >= 0.3 is 5.69 Å². The topological polar surface area (TPSA) is 112 Å². The van der Waals surface area contributed by atoms with E-state index < -0.39 is 35.8 Å². The molecule has 0 aliphatic rings. The van der Waals surface area contributed by atoms with E-state index in [1.54, 1.807) is 42.5 Å². The molecular formula is C37H35F2N5O4S. The standard InChI is InChI=1S/C37H35F2N5O4S/c1-42(21-24-9-4-2-5-10-24)22-29-32-34(46)44(27-11-6-3-7-12-27)37(48)43(23-28-30(38)13-8-14-31(28)39)35(32)49-33(29)25-15-17-26(18-16-25)41-36(47)40-19-20-45/h2-18,36,40-41,45,47H,19-23H2,1H3. The molecule has 2 aromatic heterocycles. The predicted molar refractivity (Wildman–Crippen MR) is 189 cm³/mol. The predicted octanol–water partition coefficient (Wildman–Crippen LogP) is 5.11. The van der Waals surface area contributed by atoms with Crippen LogP contribution in [0.25, 0.3) is 26.3 Å². The van der Waals surface area contributed by atoms with Gasteiger partial charge in [-0.25, -0.2) is 18.1 Å². The minimum Gasteiger partial charge on any atom is -0.395 e. The molecule has 0 bridgehead atoms. The Morgan fingerprint density at radius 1 is 0.837 bits per heavy atom. The van der Waals surface area contributed by atoms with Crippen LogP contribution in [0.5, 0.6) is 0 Å². The van der Waals surface area contributed by atoms with Crippen LogP contribution in [0, 0.1) is 11.6 Å². The zero-order chi connectivity index (χ0) is 34.5. The Morgan fingerprint density at radius 3 is 2.14 bits per heavy atom. The lowest BCUT2D eigenvalue weighted by atomic mass is 10.1. The van der Waals surface area contributed by atoms with Crippen LogP contribution in [0.1, 0.15) is 16.7 Å². The molecule has 0 saturated carbocycles. The number of anilines is 1. The molecule has 9 nitrogen and oxygen atoms in total. The Morgan fingerprint density at radius 2 is 1.49 bits per heavy atom. The molecule has 0 aliphatic heterocycles. The molecule has 12 heteroatoms. The van der Waals surface area contributed by atoms with Gasteiger partial charge in [0.25, 0.3) is 5.56 Å². The summed E-state index contributed by atoms with van der Waals surface area (Å²) in [6.07, 6.45) is -1.09. The first-order valence-corrected chi connectivity index (χ1v) is 16.5. The zero-order valence-electron chi connectivity index (χ0n) is 26.6. The van der Waals surface area contributed by atoms with Gasteiger partial charge < -0.3 is 15.5 Å². The third kappa shape index (κ3) is 7.38. The Hall–Kier alpha value is -4.98.